The predicted molar refractivity (Wildman–Crippen MR) is 98.7 cm³/mol. The van der Waals surface area contributed by atoms with Crippen molar-refractivity contribution in [3.8, 4) is 5.75 Å². The molecular formula is C19H18N4O3. The number of rotatable bonds is 6. The van der Waals surface area contributed by atoms with Crippen LogP contribution in [0, 0.1) is 0 Å². The zero-order valence-electron chi connectivity index (χ0n) is 14.2. The Balaban J connectivity index is 1.92. The van der Waals surface area contributed by atoms with Crippen molar-refractivity contribution in [1.29, 1.82) is 0 Å². The molecule has 0 aliphatic heterocycles. The van der Waals surface area contributed by atoms with Crippen LogP contribution >= 0.6 is 0 Å². The second kappa shape index (κ2) is 7.52. The van der Waals surface area contributed by atoms with E-state index < -0.39 is 5.91 Å². The molecule has 0 spiro atoms. The number of aromatic nitrogens is 2. The van der Waals surface area contributed by atoms with Gasteiger partial charge in [0.1, 0.15) is 5.75 Å². The number of ether oxygens (including phenoxy) is 1. The fraction of sp³-hybridized carbons (Fsp3) is 0.105. The van der Waals surface area contributed by atoms with E-state index in [1.165, 1.54) is 0 Å². The molecule has 7 nitrogen and oxygen atoms in total. The topological polar surface area (TPSA) is 84.7 Å². The maximum absolute atomic E-state index is 12.7. The van der Waals surface area contributed by atoms with Crippen LogP contribution in [-0.4, -0.2) is 34.9 Å². The van der Waals surface area contributed by atoms with Gasteiger partial charge in [0, 0.05) is 18.4 Å². The molecule has 0 fully saturated rings. The van der Waals surface area contributed by atoms with E-state index in [1.807, 2.05) is 0 Å². The summed E-state index contributed by atoms with van der Waals surface area (Å²) in [5.41, 5.74) is 1.32. The molecule has 0 aliphatic carbocycles. The SMILES string of the molecule is C=CCNC(=O)c1nc(C(=O)Nc2ccc(OC)cc2)c2ccccn12. The van der Waals surface area contributed by atoms with Crippen LogP contribution in [0.1, 0.15) is 21.1 Å². The van der Waals surface area contributed by atoms with E-state index in [9.17, 15) is 9.59 Å². The Morgan fingerprint density at radius 3 is 2.65 bits per heavy atom. The van der Waals surface area contributed by atoms with Gasteiger partial charge >= 0.3 is 0 Å². The molecule has 0 saturated carbocycles. The van der Waals surface area contributed by atoms with E-state index in [0.29, 0.717) is 23.5 Å². The van der Waals surface area contributed by atoms with Gasteiger partial charge in [0.15, 0.2) is 5.69 Å². The van der Waals surface area contributed by atoms with Crippen LogP contribution in [0.2, 0.25) is 0 Å². The fourth-order valence-electron chi connectivity index (χ4n) is 2.47. The van der Waals surface area contributed by atoms with E-state index in [4.69, 9.17) is 4.74 Å². The average molecular weight is 350 g/mol. The van der Waals surface area contributed by atoms with Gasteiger partial charge in [-0.2, -0.15) is 0 Å². The molecule has 7 heteroatoms. The summed E-state index contributed by atoms with van der Waals surface area (Å²) in [4.78, 5) is 29.2. The fourth-order valence-corrected chi connectivity index (χ4v) is 2.47. The number of carbonyl (C=O) groups excluding carboxylic acids is 2. The molecule has 3 aromatic rings. The lowest BCUT2D eigenvalue weighted by Gasteiger charge is -2.05. The summed E-state index contributed by atoms with van der Waals surface area (Å²) < 4.78 is 6.68. The van der Waals surface area contributed by atoms with Crippen molar-refractivity contribution in [2.75, 3.05) is 19.0 Å². The molecule has 26 heavy (non-hydrogen) atoms. The van der Waals surface area contributed by atoms with Gasteiger partial charge in [-0.15, -0.1) is 6.58 Å². The molecule has 2 heterocycles. The third kappa shape index (κ3) is 3.41. The molecular weight excluding hydrogens is 332 g/mol. The van der Waals surface area contributed by atoms with Gasteiger partial charge in [0.05, 0.1) is 12.6 Å². The highest BCUT2D eigenvalue weighted by Gasteiger charge is 2.21. The molecule has 2 amide bonds. The van der Waals surface area contributed by atoms with Crippen molar-refractivity contribution in [3.63, 3.8) is 0 Å². The summed E-state index contributed by atoms with van der Waals surface area (Å²) in [5.74, 6) is 0.0511. The van der Waals surface area contributed by atoms with Crippen molar-refractivity contribution < 1.29 is 14.3 Å². The normalized spacial score (nSPS) is 10.3. The van der Waals surface area contributed by atoms with Crippen molar-refractivity contribution >= 4 is 23.0 Å². The number of imidazole rings is 1. The summed E-state index contributed by atoms with van der Waals surface area (Å²) in [6, 6.07) is 12.2. The Morgan fingerprint density at radius 1 is 1.19 bits per heavy atom. The number of carbonyl (C=O) groups is 2. The highest BCUT2D eigenvalue weighted by Crippen LogP contribution is 2.18. The maximum Gasteiger partial charge on any atom is 0.287 e. The molecule has 0 saturated heterocycles. The quantitative estimate of drug-likeness (QED) is 0.669. The number of pyridine rings is 1. The van der Waals surface area contributed by atoms with Gasteiger partial charge in [-0.25, -0.2) is 4.98 Å². The predicted octanol–water partition coefficient (Wildman–Crippen LogP) is 2.51. The zero-order chi connectivity index (χ0) is 18.5. The minimum absolute atomic E-state index is 0.141. The Hall–Kier alpha value is -3.61. The van der Waals surface area contributed by atoms with E-state index in [0.717, 1.165) is 0 Å². The number of nitrogens with zero attached hydrogens (tertiary/aromatic N) is 2. The van der Waals surface area contributed by atoms with Gasteiger partial charge in [-0.1, -0.05) is 12.1 Å². The summed E-state index contributed by atoms with van der Waals surface area (Å²) in [5, 5.41) is 5.45. The van der Waals surface area contributed by atoms with Crippen LogP contribution in [0.3, 0.4) is 0 Å². The first-order valence-electron chi connectivity index (χ1n) is 7.95. The first-order valence-corrected chi connectivity index (χ1v) is 7.95. The van der Waals surface area contributed by atoms with Crippen LogP contribution in [0.5, 0.6) is 5.75 Å². The number of hydrogen-bond donors (Lipinski definition) is 2. The molecule has 0 aliphatic rings. The summed E-state index contributed by atoms with van der Waals surface area (Å²) in [6.45, 7) is 3.88. The molecule has 0 unspecified atom stereocenters. The van der Waals surface area contributed by atoms with Gasteiger partial charge < -0.3 is 15.4 Å². The zero-order valence-corrected chi connectivity index (χ0v) is 14.2. The average Bonchev–Trinajstić information content (AvgIpc) is 3.06. The lowest BCUT2D eigenvalue weighted by atomic mass is 10.2. The number of anilines is 1. The molecule has 0 bridgehead atoms. The van der Waals surface area contributed by atoms with Crippen molar-refractivity contribution in [2.24, 2.45) is 0 Å². The van der Waals surface area contributed by atoms with Crippen molar-refractivity contribution in [1.82, 2.24) is 14.7 Å². The van der Waals surface area contributed by atoms with Gasteiger partial charge in [0.2, 0.25) is 5.82 Å². The summed E-state index contributed by atoms with van der Waals surface area (Å²) in [7, 11) is 1.57. The van der Waals surface area contributed by atoms with E-state index in [1.54, 1.807) is 66.2 Å². The van der Waals surface area contributed by atoms with Crippen LogP contribution in [0.15, 0.2) is 61.3 Å². The Morgan fingerprint density at radius 2 is 1.96 bits per heavy atom. The van der Waals surface area contributed by atoms with Gasteiger partial charge in [-0.05, 0) is 36.4 Å². The number of fused-ring (bicyclic) bond motifs is 1. The molecule has 2 aromatic heterocycles. The number of hydrogen-bond acceptors (Lipinski definition) is 4. The van der Waals surface area contributed by atoms with Crippen LogP contribution < -0.4 is 15.4 Å². The first kappa shape index (κ1) is 17.2. The Labute approximate surface area is 150 Å². The van der Waals surface area contributed by atoms with E-state index in [-0.39, 0.29) is 17.4 Å². The van der Waals surface area contributed by atoms with E-state index in [2.05, 4.69) is 22.2 Å². The monoisotopic (exact) mass is 350 g/mol. The number of amides is 2. The van der Waals surface area contributed by atoms with Gasteiger partial charge in [0.25, 0.3) is 11.8 Å². The molecule has 0 atom stereocenters. The minimum atomic E-state index is -0.401. The second-order valence-corrected chi connectivity index (χ2v) is 5.42. The molecule has 0 radical (unpaired) electrons. The van der Waals surface area contributed by atoms with Crippen LogP contribution in [-0.2, 0) is 0 Å². The number of benzene rings is 1. The highest BCUT2D eigenvalue weighted by molar-refractivity contribution is 6.08. The third-order valence-corrected chi connectivity index (χ3v) is 3.72. The second-order valence-electron chi connectivity index (χ2n) is 5.42. The smallest absolute Gasteiger partial charge is 0.287 e. The van der Waals surface area contributed by atoms with Crippen LogP contribution in [0.4, 0.5) is 5.69 Å². The van der Waals surface area contributed by atoms with E-state index >= 15 is 0 Å². The van der Waals surface area contributed by atoms with Gasteiger partial charge in [-0.3, -0.25) is 14.0 Å². The van der Waals surface area contributed by atoms with Crippen LogP contribution in [0.25, 0.3) is 5.52 Å². The summed E-state index contributed by atoms with van der Waals surface area (Å²) >= 11 is 0. The summed E-state index contributed by atoms with van der Waals surface area (Å²) in [6.07, 6.45) is 3.26. The Bertz CT molecular complexity index is 961. The maximum atomic E-state index is 12.7. The lowest BCUT2D eigenvalue weighted by Crippen LogP contribution is -2.25. The lowest BCUT2D eigenvalue weighted by molar-refractivity contribution is 0.0947. The number of methoxy groups -OCH3 is 1. The third-order valence-electron chi connectivity index (χ3n) is 3.72. The molecule has 1 aromatic carbocycles. The Kier molecular flexibility index (Phi) is 4.98. The molecule has 132 valence electrons. The van der Waals surface area contributed by atoms with Crippen molar-refractivity contribution in [2.45, 2.75) is 0 Å². The minimum Gasteiger partial charge on any atom is -0.497 e. The molecule has 3 rings (SSSR count). The van der Waals surface area contributed by atoms with Crippen molar-refractivity contribution in [3.05, 3.63) is 72.8 Å². The molecule has 2 N–H and O–H groups in total. The standard InChI is InChI=1S/C19H18N4O3/c1-3-11-20-19(25)17-22-16(15-6-4-5-12-23(15)17)18(24)21-13-7-9-14(26-2)10-8-13/h3-10,12H,1,11H2,2H3,(H,20,25)(H,21,24). The highest BCUT2D eigenvalue weighted by atomic mass is 16.5. The first-order chi connectivity index (χ1) is 12.6. The largest absolute Gasteiger partial charge is 0.497 e. The number of nitrogens with one attached hydrogen (secondary N) is 2.